The summed E-state index contributed by atoms with van der Waals surface area (Å²) in [6.07, 6.45) is 1.20. The molecular formula is C23H28FN3O2. The number of rotatable bonds is 6. The van der Waals surface area contributed by atoms with E-state index < -0.39 is 11.9 Å². The maximum atomic E-state index is 13.3. The van der Waals surface area contributed by atoms with Crippen LogP contribution in [-0.4, -0.2) is 24.4 Å². The minimum Gasteiger partial charge on any atom is -0.368 e. The third kappa shape index (κ3) is 5.13. The van der Waals surface area contributed by atoms with Crippen molar-refractivity contribution >= 4 is 17.5 Å². The van der Waals surface area contributed by atoms with Gasteiger partial charge in [-0.05, 0) is 41.2 Å². The van der Waals surface area contributed by atoms with E-state index in [-0.39, 0.29) is 29.7 Å². The Balaban J connectivity index is 1.78. The van der Waals surface area contributed by atoms with E-state index in [9.17, 15) is 14.0 Å². The SMILES string of the molecule is CC(C)(C)CC(NC(=O)CN1c2ccccc2C[C@H]1C(N)=O)c1ccc(F)cc1. The first-order valence-corrected chi connectivity index (χ1v) is 9.83. The van der Waals surface area contributed by atoms with Crippen molar-refractivity contribution in [2.75, 3.05) is 11.4 Å². The van der Waals surface area contributed by atoms with E-state index in [1.165, 1.54) is 12.1 Å². The second-order valence-electron chi connectivity index (χ2n) is 8.82. The van der Waals surface area contributed by atoms with Crippen molar-refractivity contribution in [2.24, 2.45) is 11.1 Å². The van der Waals surface area contributed by atoms with Gasteiger partial charge in [-0.15, -0.1) is 0 Å². The fourth-order valence-electron chi connectivity index (χ4n) is 3.85. The van der Waals surface area contributed by atoms with E-state index in [0.29, 0.717) is 12.8 Å². The van der Waals surface area contributed by atoms with Crippen molar-refractivity contribution in [3.8, 4) is 0 Å². The van der Waals surface area contributed by atoms with Crippen molar-refractivity contribution in [3.05, 3.63) is 65.5 Å². The van der Waals surface area contributed by atoms with Crippen LogP contribution >= 0.6 is 0 Å². The lowest BCUT2D eigenvalue weighted by molar-refractivity contribution is -0.121. The zero-order chi connectivity index (χ0) is 21.2. The molecule has 0 radical (unpaired) electrons. The Bertz CT molecular complexity index is 890. The van der Waals surface area contributed by atoms with Crippen LogP contribution in [0.5, 0.6) is 0 Å². The number of amides is 2. The summed E-state index contributed by atoms with van der Waals surface area (Å²) in [4.78, 5) is 26.6. The van der Waals surface area contributed by atoms with Gasteiger partial charge in [-0.3, -0.25) is 9.59 Å². The highest BCUT2D eigenvalue weighted by Gasteiger charge is 2.34. The number of hydrogen-bond donors (Lipinski definition) is 2. The number of nitrogens with two attached hydrogens (primary N) is 1. The summed E-state index contributed by atoms with van der Waals surface area (Å²) in [6, 6.07) is 13.0. The molecule has 2 atom stereocenters. The molecule has 3 rings (SSSR count). The van der Waals surface area contributed by atoms with Gasteiger partial charge in [-0.1, -0.05) is 51.1 Å². The number of halogens is 1. The summed E-state index contributed by atoms with van der Waals surface area (Å²) in [6.45, 7) is 6.31. The fourth-order valence-corrected chi connectivity index (χ4v) is 3.85. The molecule has 0 aromatic heterocycles. The maximum Gasteiger partial charge on any atom is 0.240 e. The minimum atomic E-state index is -0.537. The first-order chi connectivity index (χ1) is 13.6. The standard InChI is InChI=1S/C23H28FN3O2/c1-23(2,3)13-18(15-8-10-17(24)11-9-15)26-21(28)14-27-19-7-5-4-6-16(19)12-20(27)22(25)29/h4-11,18,20H,12-14H2,1-3H3,(H2,25,29)(H,26,28)/t18?,20-/m0/s1. The molecule has 2 amide bonds. The molecular weight excluding hydrogens is 369 g/mol. The second-order valence-corrected chi connectivity index (χ2v) is 8.82. The number of hydrogen-bond acceptors (Lipinski definition) is 3. The predicted molar refractivity (Wildman–Crippen MR) is 112 cm³/mol. The quantitative estimate of drug-likeness (QED) is 0.785. The molecule has 2 aromatic carbocycles. The first kappa shape index (κ1) is 20.8. The predicted octanol–water partition coefficient (Wildman–Crippen LogP) is 3.34. The van der Waals surface area contributed by atoms with E-state index in [2.05, 4.69) is 26.1 Å². The number of anilines is 1. The Kier molecular flexibility index (Phi) is 5.91. The summed E-state index contributed by atoms with van der Waals surface area (Å²) in [5.74, 6) is -0.960. The number of nitrogens with one attached hydrogen (secondary N) is 1. The van der Waals surface area contributed by atoms with Crippen LogP contribution in [0, 0.1) is 11.2 Å². The van der Waals surface area contributed by atoms with Crippen molar-refractivity contribution in [1.29, 1.82) is 0 Å². The van der Waals surface area contributed by atoms with Gasteiger partial charge in [0.1, 0.15) is 11.9 Å². The molecule has 1 aliphatic heterocycles. The Labute approximate surface area is 171 Å². The molecule has 0 saturated heterocycles. The molecule has 1 aliphatic rings. The normalized spacial score (nSPS) is 17.0. The van der Waals surface area contributed by atoms with Crippen LogP contribution in [0.2, 0.25) is 0 Å². The molecule has 3 N–H and O–H groups in total. The molecule has 0 spiro atoms. The molecule has 5 nitrogen and oxygen atoms in total. The number of nitrogens with zero attached hydrogens (tertiary/aromatic N) is 1. The van der Waals surface area contributed by atoms with E-state index in [1.54, 1.807) is 17.0 Å². The number of carbonyl (C=O) groups is 2. The van der Waals surface area contributed by atoms with E-state index >= 15 is 0 Å². The smallest absolute Gasteiger partial charge is 0.240 e. The van der Waals surface area contributed by atoms with Crippen molar-refractivity contribution in [1.82, 2.24) is 5.32 Å². The van der Waals surface area contributed by atoms with E-state index in [1.807, 2.05) is 24.3 Å². The topological polar surface area (TPSA) is 75.4 Å². The van der Waals surface area contributed by atoms with Gasteiger partial charge in [-0.2, -0.15) is 0 Å². The minimum absolute atomic E-state index is 0.0342. The van der Waals surface area contributed by atoms with Crippen LogP contribution in [0.15, 0.2) is 48.5 Å². The molecule has 29 heavy (non-hydrogen) atoms. The number of primary amides is 1. The van der Waals surface area contributed by atoms with Gasteiger partial charge in [0.2, 0.25) is 11.8 Å². The fraction of sp³-hybridized carbons (Fsp3) is 0.391. The number of fused-ring (bicyclic) bond motifs is 1. The van der Waals surface area contributed by atoms with Gasteiger partial charge in [0, 0.05) is 12.1 Å². The van der Waals surface area contributed by atoms with Crippen LogP contribution in [0.3, 0.4) is 0 Å². The highest BCUT2D eigenvalue weighted by atomic mass is 19.1. The lowest BCUT2D eigenvalue weighted by Gasteiger charge is -2.29. The molecule has 0 aliphatic carbocycles. The van der Waals surface area contributed by atoms with Crippen molar-refractivity contribution < 1.29 is 14.0 Å². The summed E-state index contributed by atoms with van der Waals surface area (Å²) in [5.41, 5.74) is 8.27. The monoisotopic (exact) mass is 397 g/mol. The Morgan fingerprint density at radius 3 is 2.45 bits per heavy atom. The van der Waals surface area contributed by atoms with Gasteiger partial charge < -0.3 is 16.0 Å². The van der Waals surface area contributed by atoms with Crippen LogP contribution in [0.25, 0.3) is 0 Å². The Hall–Kier alpha value is -2.89. The number of benzene rings is 2. The van der Waals surface area contributed by atoms with Crippen LogP contribution < -0.4 is 16.0 Å². The molecule has 0 bridgehead atoms. The number of para-hydroxylation sites is 1. The van der Waals surface area contributed by atoms with Gasteiger partial charge in [-0.25, -0.2) is 4.39 Å². The summed E-state index contributed by atoms with van der Waals surface area (Å²) in [5, 5.41) is 3.07. The van der Waals surface area contributed by atoms with Crippen LogP contribution in [0.1, 0.15) is 44.4 Å². The van der Waals surface area contributed by atoms with Crippen molar-refractivity contribution in [2.45, 2.75) is 45.7 Å². The third-order valence-electron chi connectivity index (χ3n) is 5.16. The molecule has 1 unspecified atom stereocenters. The van der Waals surface area contributed by atoms with Crippen LogP contribution in [-0.2, 0) is 16.0 Å². The second kappa shape index (κ2) is 8.23. The first-order valence-electron chi connectivity index (χ1n) is 9.83. The highest BCUT2D eigenvalue weighted by molar-refractivity contribution is 5.91. The molecule has 154 valence electrons. The zero-order valence-electron chi connectivity index (χ0n) is 17.1. The molecule has 1 heterocycles. The molecule has 0 saturated carbocycles. The largest absolute Gasteiger partial charge is 0.368 e. The average molecular weight is 397 g/mol. The Morgan fingerprint density at radius 2 is 1.83 bits per heavy atom. The molecule has 2 aromatic rings. The summed E-state index contributed by atoms with van der Waals surface area (Å²) in [7, 11) is 0. The molecule has 0 fully saturated rings. The summed E-state index contributed by atoms with van der Waals surface area (Å²) < 4.78 is 13.3. The van der Waals surface area contributed by atoms with Gasteiger partial charge in [0.25, 0.3) is 0 Å². The third-order valence-corrected chi connectivity index (χ3v) is 5.16. The van der Waals surface area contributed by atoms with Crippen LogP contribution in [0.4, 0.5) is 10.1 Å². The van der Waals surface area contributed by atoms with Crippen molar-refractivity contribution in [3.63, 3.8) is 0 Å². The average Bonchev–Trinajstić information content (AvgIpc) is 2.99. The Morgan fingerprint density at radius 1 is 1.17 bits per heavy atom. The van der Waals surface area contributed by atoms with Gasteiger partial charge in [0.15, 0.2) is 0 Å². The maximum absolute atomic E-state index is 13.3. The molecule has 6 heteroatoms. The van der Waals surface area contributed by atoms with Gasteiger partial charge in [0.05, 0.1) is 12.6 Å². The lowest BCUT2D eigenvalue weighted by atomic mass is 9.85. The summed E-state index contributed by atoms with van der Waals surface area (Å²) >= 11 is 0. The highest BCUT2D eigenvalue weighted by Crippen LogP contribution is 2.32. The van der Waals surface area contributed by atoms with Gasteiger partial charge >= 0.3 is 0 Å². The van der Waals surface area contributed by atoms with E-state index in [0.717, 1.165) is 16.8 Å². The number of carbonyl (C=O) groups excluding carboxylic acids is 2. The van der Waals surface area contributed by atoms with E-state index in [4.69, 9.17) is 5.73 Å². The lowest BCUT2D eigenvalue weighted by Crippen LogP contribution is -2.48. The zero-order valence-corrected chi connectivity index (χ0v) is 17.1.